The Morgan fingerprint density at radius 2 is 1.62 bits per heavy atom. The fraction of sp³-hybridized carbons (Fsp3) is 0.0952. The molecule has 0 fully saturated rings. The van der Waals surface area contributed by atoms with Crippen LogP contribution in [0.5, 0.6) is 0 Å². The number of hydrogen-bond donors (Lipinski definition) is 0. The molecule has 0 N–H and O–H groups in total. The fourth-order valence-corrected chi connectivity index (χ4v) is 2.52. The molecule has 0 saturated carbocycles. The predicted octanol–water partition coefficient (Wildman–Crippen LogP) is 4.92. The van der Waals surface area contributed by atoms with Gasteiger partial charge in [0.2, 0.25) is 5.91 Å². The van der Waals surface area contributed by atoms with Crippen molar-refractivity contribution < 1.29 is 35.3 Å². The number of anilines is 1. The zero-order valence-electron chi connectivity index (χ0n) is 14.2. The number of hydrogen-bond acceptors (Lipinski definition) is 1. The van der Waals surface area contributed by atoms with E-state index in [1.165, 1.54) is 11.0 Å². The van der Waals surface area contributed by atoms with Crippen LogP contribution in [-0.4, -0.2) is 5.91 Å². The summed E-state index contributed by atoms with van der Waals surface area (Å²) in [6, 6.07) is 20.6. The van der Waals surface area contributed by atoms with Crippen LogP contribution in [-0.2, 0) is 28.3 Å². The van der Waals surface area contributed by atoms with Crippen LogP contribution >= 0.6 is 0 Å². The molecule has 0 aliphatic carbocycles. The number of rotatable bonds is 4. The van der Waals surface area contributed by atoms with Crippen molar-refractivity contribution in [3.8, 4) is 0 Å². The zero-order valence-corrected chi connectivity index (χ0v) is 15.7. The van der Waals surface area contributed by atoms with Gasteiger partial charge >= 0.3 is 0 Å². The molecule has 0 heterocycles. The molecule has 0 spiro atoms. The molecule has 5 heteroatoms. The summed E-state index contributed by atoms with van der Waals surface area (Å²) in [6.07, 6.45) is 0. The van der Waals surface area contributed by atoms with Crippen molar-refractivity contribution in [1.82, 2.24) is 0 Å². The van der Waals surface area contributed by atoms with Gasteiger partial charge in [0.25, 0.3) is 0 Å². The fourth-order valence-electron chi connectivity index (χ4n) is 2.52. The molecule has 26 heavy (non-hydrogen) atoms. The third-order valence-corrected chi connectivity index (χ3v) is 3.86. The van der Waals surface area contributed by atoms with E-state index in [1.807, 2.05) is 37.3 Å². The van der Waals surface area contributed by atoms with Gasteiger partial charge in [-0.05, 0) is 30.3 Å². The second-order valence-electron chi connectivity index (χ2n) is 5.75. The van der Waals surface area contributed by atoms with Gasteiger partial charge in [0, 0.05) is 45.5 Å². The van der Waals surface area contributed by atoms with Gasteiger partial charge in [-0.15, -0.1) is 18.2 Å². The smallest absolute Gasteiger partial charge is 0.247 e. The first kappa shape index (κ1) is 20.0. The Balaban J connectivity index is 0.00000243. The molecule has 3 rings (SSSR count). The molecule has 0 atom stereocenters. The predicted molar refractivity (Wildman–Crippen MR) is 93.3 cm³/mol. The van der Waals surface area contributed by atoms with Crippen LogP contribution in [0.2, 0.25) is 0 Å². The van der Waals surface area contributed by atoms with Crippen LogP contribution in [0.4, 0.5) is 14.5 Å². The minimum atomic E-state index is -0.892. The summed E-state index contributed by atoms with van der Waals surface area (Å²) < 4.78 is 27.5. The SMILES string of the molecule is Cc1ccc(CN(C(=O)c2ccccc2)c2ccc(F)[c-]c2F)cc1.[Ti]. The number of carbonyl (C=O) groups excluding carboxylic acids is 1. The molecule has 0 saturated heterocycles. The Kier molecular flexibility index (Phi) is 6.84. The maximum atomic E-state index is 14.3. The molecular formula is C21H16F2NOTi-. The summed E-state index contributed by atoms with van der Waals surface area (Å²) in [4.78, 5) is 14.2. The molecule has 0 aliphatic rings. The van der Waals surface area contributed by atoms with E-state index < -0.39 is 11.6 Å². The van der Waals surface area contributed by atoms with E-state index in [0.717, 1.165) is 17.2 Å². The van der Waals surface area contributed by atoms with Crippen molar-refractivity contribution >= 4 is 11.6 Å². The van der Waals surface area contributed by atoms with Crippen molar-refractivity contribution in [1.29, 1.82) is 0 Å². The van der Waals surface area contributed by atoms with E-state index in [2.05, 4.69) is 0 Å². The van der Waals surface area contributed by atoms with Crippen molar-refractivity contribution in [3.05, 3.63) is 101 Å². The Bertz CT molecular complexity index is 882. The van der Waals surface area contributed by atoms with Gasteiger partial charge in [-0.25, -0.2) is 8.78 Å². The van der Waals surface area contributed by atoms with Crippen molar-refractivity contribution in [3.63, 3.8) is 0 Å². The van der Waals surface area contributed by atoms with Gasteiger partial charge in [-0.3, -0.25) is 4.79 Å². The zero-order chi connectivity index (χ0) is 17.8. The van der Waals surface area contributed by atoms with Crippen LogP contribution in [0.25, 0.3) is 0 Å². The summed E-state index contributed by atoms with van der Waals surface area (Å²) >= 11 is 0. The summed E-state index contributed by atoms with van der Waals surface area (Å²) in [5.41, 5.74) is 2.36. The third kappa shape index (κ3) is 4.66. The summed E-state index contributed by atoms with van der Waals surface area (Å²) in [5, 5.41) is 0. The molecule has 3 aromatic carbocycles. The van der Waals surface area contributed by atoms with Crippen LogP contribution in [0, 0.1) is 24.6 Å². The van der Waals surface area contributed by atoms with Gasteiger partial charge in [0.1, 0.15) is 0 Å². The molecular weight excluding hydrogens is 368 g/mol. The van der Waals surface area contributed by atoms with Crippen LogP contribution in [0.15, 0.2) is 66.7 Å². The average Bonchev–Trinajstić information content (AvgIpc) is 2.62. The van der Waals surface area contributed by atoms with E-state index in [0.29, 0.717) is 5.56 Å². The Labute approximate surface area is 166 Å². The van der Waals surface area contributed by atoms with Gasteiger partial charge in [0.15, 0.2) is 0 Å². The molecule has 130 valence electrons. The Morgan fingerprint density at radius 1 is 0.962 bits per heavy atom. The number of nitrogens with zero attached hydrogens (tertiary/aromatic N) is 1. The first-order chi connectivity index (χ1) is 12.0. The minimum absolute atomic E-state index is 0. The van der Waals surface area contributed by atoms with Crippen molar-refractivity contribution in [2.75, 3.05) is 4.90 Å². The number of carbonyl (C=O) groups is 1. The van der Waals surface area contributed by atoms with Gasteiger partial charge in [-0.2, -0.15) is 0 Å². The van der Waals surface area contributed by atoms with E-state index in [1.54, 1.807) is 30.3 Å². The number of amides is 1. The first-order valence-electron chi connectivity index (χ1n) is 7.84. The largest absolute Gasteiger partial charge is 0.355 e. The minimum Gasteiger partial charge on any atom is -0.355 e. The maximum Gasteiger partial charge on any atom is 0.247 e. The molecule has 0 bridgehead atoms. The van der Waals surface area contributed by atoms with Crippen LogP contribution in [0.1, 0.15) is 21.5 Å². The molecule has 1 amide bonds. The van der Waals surface area contributed by atoms with Gasteiger partial charge < -0.3 is 4.90 Å². The second-order valence-corrected chi connectivity index (χ2v) is 5.75. The summed E-state index contributed by atoms with van der Waals surface area (Å²) in [5.74, 6) is -2.06. The quantitative estimate of drug-likeness (QED) is 0.462. The topological polar surface area (TPSA) is 20.3 Å². The standard InChI is InChI=1S/C21H16F2NO.Ti/c1-15-7-9-16(10-8-15)14-24(20-12-11-18(22)13-19(20)23)21(25)17-5-3-2-4-6-17;/h2-12H,14H2,1H3;/q-1;. The van der Waals surface area contributed by atoms with Gasteiger partial charge in [-0.1, -0.05) is 48.0 Å². The average molecular weight is 384 g/mol. The monoisotopic (exact) mass is 384 g/mol. The number of benzene rings is 3. The number of aryl methyl sites for hydroxylation is 1. The molecule has 0 radical (unpaired) electrons. The Morgan fingerprint density at radius 3 is 2.23 bits per heavy atom. The van der Waals surface area contributed by atoms with E-state index in [9.17, 15) is 13.6 Å². The van der Waals surface area contributed by atoms with Crippen molar-refractivity contribution in [2.45, 2.75) is 13.5 Å². The van der Waals surface area contributed by atoms with E-state index in [4.69, 9.17) is 0 Å². The van der Waals surface area contributed by atoms with Crippen LogP contribution in [0.3, 0.4) is 0 Å². The molecule has 3 aromatic rings. The third-order valence-electron chi connectivity index (χ3n) is 3.86. The molecule has 2 nitrogen and oxygen atoms in total. The summed E-state index contributed by atoms with van der Waals surface area (Å²) in [7, 11) is 0. The van der Waals surface area contributed by atoms with E-state index in [-0.39, 0.29) is 39.9 Å². The Hall–Kier alpha value is -2.30. The normalized spacial score (nSPS) is 10.1. The maximum absolute atomic E-state index is 14.3. The van der Waals surface area contributed by atoms with Crippen LogP contribution < -0.4 is 4.90 Å². The molecule has 0 aliphatic heterocycles. The number of halogens is 2. The van der Waals surface area contributed by atoms with Gasteiger partial charge in [0.05, 0.1) is 0 Å². The first-order valence-corrected chi connectivity index (χ1v) is 7.84. The molecule has 0 unspecified atom stereocenters. The summed E-state index contributed by atoms with van der Waals surface area (Å²) in [6.45, 7) is 2.13. The molecule has 0 aromatic heterocycles. The van der Waals surface area contributed by atoms with Crippen molar-refractivity contribution in [2.24, 2.45) is 0 Å². The van der Waals surface area contributed by atoms with E-state index >= 15 is 0 Å². The second kappa shape index (κ2) is 8.88.